The van der Waals surface area contributed by atoms with Crippen molar-refractivity contribution in [2.24, 2.45) is 7.05 Å². The Bertz CT molecular complexity index is 572. The van der Waals surface area contributed by atoms with Crippen LogP contribution in [0, 0.1) is 6.92 Å². The Hall–Kier alpha value is -2.18. The van der Waals surface area contributed by atoms with Crippen LogP contribution in [0.25, 0.3) is 0 Å². The molecule has 2 heterocycles. The van der Waals surface area contributed by atoms with Crippen LogP contribution in [0.2, 0.25) is 0 Å². The number of amides is 1. The smallest absolute Gasteiger partial charge is 0.225 e. The summed E-state index contributed by atoms with van der Waals surface area (Å²) in [6.07, 6.45) is 5.18. The molecule has 1 amide bonds. The lowest BCUT2D eigenvalue weighted by Gasteiger charge is -2.07. The number of anilines is 1. The fraction of sp³-hybridized carbons (Fsp3) is 0.538. The van der Waals surface area contributed by atoms with Gasteiger partial charge < -0.3 is 5.32 Å². The highest BCUT2D eigenvalue weighted by Crippen LogP contribution is 2.19. The SMILES string of the molecule is CCc1c(C)nn(C)c1NC(=O)CCCn1cncn1. The van der Waals surface area contributed by atoms with Gasteiger partial charge in [0.25, 0.3) is 0 Å². The minimum Gasteiger partial charge on any atom is -0.311 e. The van der Waals surface area contributed by atoms with Gasteiger partial charge in [-0.1, -0.05) is 6.92 Å². The third-order valence-electron chi connectivity index (χ3n) is 3.22. The molecule has 7 nitrogen and oxygen atoms in total. The molecule has 0 atom stereocenters. The van der Waals surface area contributed by atoms with Crippen molar-refractivity contribution in [2.75, 3.05) is 5.32 Å². The van der Waals surface area contributed by atoms with Gasteiger partial charge in [-0.2, -0.15) is 10.2 Å². The molecular formula is C13H20N6O. The monoisotopic (exact) mass is 276 g/mol. The first-order valence-corrected chi connectivity index (χ1v) is 6.76. The molecule has 0 saturated carbocycles. The van der Waals surface area contributed by atoms with E-state index in [1.807, 2.05) is 14.0 Å². The van der Waals surface area contributed by atoms with Crippen molar-refractivity contribution in [3.63, 3.8) is 0 Å². The van der Waals surface area contributed by atoms with Gasteiger partial charge in [-0.25, -0.2) is 4.98 Å². The zero-order chi connectivity index (χ0) is 14.5. The molecule has 1 N–H and O–H groups in total. The molecule has 0 saturated heterocycles. The lowest BCUT2D eigenvalue weighted by atomic mass is 10.2. The number of hydrogen-bond donors (Lipinski definition) is 1. The highest BCUT2D eigenvalue weighted by molar-refractivity contribution is 5.90. The number of nitrogens with zero attached hydrogens (tertiary/aromatic N) is 5. The largest absolute Gasteiger partial charge is 0.311 e. The van der Waals surface area contributed by atoms with E-state index in [4.69, 9.17) is 0 Å². The maximum atomic E-state index is 12.0. The highest BCUT2D eigenvalue weighted by Gasteiger charge is 2.13. The van der Waals surface area contributed by atoms with Gasteiger partial charge in [0.15, 0.2) is 0 Å². The third-order valence-corrected chi connectivity index (χ3v) is 3.22. The minimum atomic E-state index is 0.00261. The summed E-state index contributed by atoms with van der Waals surface area (Å²) in [7, 11) is 1.84. The van der Waals surface area contributed by atoms with E-state index in [0.717, 1.165) is 29.9 Å². The molecule has 2 rings (SSSR count). The van der Waals surface area contributed by atoms with Crippen molar-refractivity contribution in [3.8, 4) is 0 Å². The van der Waals surface area contributed by atoms with Crippen LogP contribution in [0.1, 0.15) is 31.0 Å². The van der Waals surface area contributed by atoms with Gasteiger partial charge in [-0.3, -0.25) is 14.2 Å². The molecule has 7 heteroatoms. The topological polar surface area (TPSA) is 77.6 Å². The molecule has 0 unspecified atom stereocenters. The van der Waals surface area contributed by atoms with Crippen molar-refractivity contribution < 1.29 is 4.79 Å². The average molecular weight is 276 g/mol. The van der Waals surface area contributed by atoms with E-state index >= 15 is 0 Å². The summed E-state index contributed by atoms with van der Waals surface area (Å²) in [6.45, 7) is 4.71. The Balaban J connectivity index is 1.88. The summed E-state index contributed by atoms with van der Waals surface area (Å²) < 4.78 is 3.45. The molecule has 0 bridgehead atoms. The van der Waals surface area contributed by atoms with Gasteiger partial charge in [-0.15, -0.1) is 0 Å². The summed E-state index contributed by atoms with van der Waals surface area (Å²) in [6, 6.07) is 0. The normalized spacial score (nSPS) is 10.8. The molecule has 20 heavy (non-hydrogen) atoms. The maximum absolute atomic E-state index is 12.0. The van der Waals surface area contributed by atoms with Gasteiger partial charge in [0, 0.05) is 25.6 Å². The predicted molar refractivity (Wildman–Crippen MR) is 75.2 cm³/mol. The van der Waals surface area contributed by atoms with E-state index in [2.05, 4.69) is 27.4 Å². The van der Waals surface area contributed by atoms with Crippen LogP contribution in [0.4, 0.5) is 5.82 Å². The van der Waals surface area contributed by atoms with Crippen LogP contribution in [-0.4, -0.2) is 30.5 Å². The Morgan fingerprint density at radius 3 is 2.90 bits per heavy atom. The second kappa shape index (κ2) is 6.31. The van der Waals surface area contributed by atoms with Gasteiger partial charge in [0.05, 0.1) is 5.69 Å². The van der Waals surface area contributed by atoms with Crippen LogP contribution < -0.4 is 5.32 Å². The zero-order valence-corrected chi connectivity index (χ0v) is 12.1. The quantitative estimate of drug-likeness (QED) is 0.862. The third kappa shape index (κ3) is 3.23. The number of nitrogens with one attached hydrogen (secondary N) is 1. The molecule has 0 aliphatic carbocycles. The molecule has 0 radical (unpaired) electrons. The molecule has 0 aliphatic heterocycles. The van der Waals surface area contributed by atoms with Gasteiger partial charge >= 0.3 is 0 Å². The lowest BCUT2D eigenvalue weighted by Crippen LogP contribution is -2.16. The summed E-state index contributed by atoms with van der Waals surface area (Å²) in [5, 5.41) is 11.3. The minimum absolute atomic E-state index is 0.00261. The van der Waals surface area contributed by atoms with Gasteiger partial charge in [-0.05, 0) is 19.8 Å². The molecule has 0 aromatic carbocycles. The summed E-state index contributed by atoms with van der Waals surface area (Å²) in [5.74, 6) is 0.804. The van der Waals surface area contributed by atoms with Crippen LogP contribution in [0.15, 0.2) is 12.7 Å². The Kier molecular flexibility index (Phi) is 4.49. The first-order valence-electron chi connectivity index (χ1n) is 6.76. The number of hydrogen-bond acceptors (Lipinski definition) is 4. The standard InChI is InChI=1S/C13H20N6O/c1-4-11-10(2)17-18(3)13(11)16-12(20)6-5-7-19-9-14-8-15-19/h8-9H,4-7H2,1-3H3,(H,16,20). The highest BCUT2D eigenvalue weighted by atomic mass is 16.1. The summed E-state index contributed by atoms with van der Waals surface area (Å²) in [5.41, 5.74) is 2.06. The van der Waals surface area contributed by atoms with Gasteiger partial charge in [0.2, 0.25) is 5.91 Å². The first-order chi connectivity index (χ1) is 9.61. The molecule has 0 spiro atoms. The van der Waals surface area contributed by atoms with Crippen molar-refractivity contribution in [3.05, 3.63) is 23.9 Å². The first kappa shape index (κ1) is 14.2. The molecule has 0 aliphatic rings. The second-order valence-corrected chi connectivity index (χ2v) is 4.70. The van der Waals surface area contributed by atoms with E-state index < -0.39 is 0 Å². The predicted octanol–water partition coefficient (Wildman–Crippen LogP) is 1.30. The van der Waals surface area contributed by atoms with E-state index in [-0.39, 0.29) is 5.91 Å². The van der Waals surface area contributed by atoms with E-state index in [0.29, 0.717) is 13.0 Å². The Labute approximate surface area is 118 Å². The van der Waals surface area contributed by atoms with Crippen molar-refractivity contribution in [1.82, 2.24) is 24.5 Å². The van der Waals surface area contributed by atoms with Crippen LogP contribution >= 0.6 is 0 Å². The number of aryl methyl sites for hydroxylation is 3. The van der Waals surface area contributed by atoms with Crippen LogP contribution in [0.5, 0.6) is 0 Å². The van der Waals surface area contributed by atoms with Crippen molar-refractivity contribution in [1.29, 1.82) is 0 Å². The van der Waals surface area contributed by atoms with Crippen LogP contribution in [0.3, 0.4) is 0 Å². The van der Waals surface area contributed by atoms with Crippen molar-refractivity contribution >= 4 is 11.7 Å². The summed E-state index contributed by atoms with van der Waals surface area (Å²) >= 11 is 0. The Morgan fingerprint density at radius 1 is 1.45 bits per heavy atom. The molecular weight excluding hydrogens is 256 g/mol. The Morgan fingerprint density at radius 2 is 2.25 bits per heavy atom. The molecule has 0 fully saturated rings. The molecule has 2 aromatic heterocycles. The van der Waals surface area contributed by atoms with E-state index in [1.54, 1.807) is 15.7 Å². The number of rotatable bonds is 6. The fourth-order valence-corrected chi connectivity index (χ4v) is 2.23. The lowest BCUT2D eigenvalue weighted by molar-refractivity contribution is -0.116. The number of carbonyl (C=O) groups is 1. The number of carbonyl (C=O) groups excluding carboxylic acids is 1. The molecule has 2 aromatic rings. The molecule has 108 valence electrons. The fourth-order valence-electron chi connectivity index (χ4n) is 2.23. The average Bonchev–Trinajstić information content (AvgIpc) is 2.99. The van der Waals surface area contributed by atoms with Crippen molar-refractivity contribution in [2.45, 2.75) is 39.7 Å². The maximum Gasteiger partial charge on any atom is 0.225 e. The zero-order valence-electron chi connectivity index (χ0n) is 12.1. The number of aromatic nitrogens is 5. The second-order valence-electron chi connectivity index (χ2n) is 4.70. The van der Waals surface area contributed by atoms with Crippen LogP contribution in [-0.2, 0) is 24.8 Å². The van der Waals surface area contributed by atoms with E-state index in [9.17, 15) is 4.79 Å². The van der Waals surface area contributed by atoms with Gasteiger partial charge in [0.1, 0.15) is 18.5 Å². The summed E-state index contributed by atoms with van der Waals surface area (Å²) in [4.78, 5) is 15.8. The van der Waals surface area contributed by atoms with E-state index in [1.165, 1.54) is 6.33 Å².